The third-order valence-corrected chi connectivity index (χ3v) is 5.52. The number of hydrogen-bond acceptors (Lipinski definition) is 3. The number of piperidine rings is 2. The maximum atomic E-state index is 10.9. The second kappa shape index (κ2) is 4.49. The van der Waals surface area contributed by atoms with Crippen molar-refractivity contribution < 1.29 is 9.90 Å². The van der Waals surface area contributed by atoms with E-state index in [2.05, 4.69) is 16.7 Å². The summed E-state index contributed by atoms with van der Waals surface area (Å²) in [6.07, 6.45) is 2.43. The van der Waals surface area contributed by atoms with Crippen molar-refractivity contribution >= 4 is 5.97 Å². The molecule has 102 valence electrons. The lowest BCUT2D eigenvalue weighted by Crippen LogP contribution is -2.60. The fourth-order valence-electron chi connectivity index (χ4n) is 4.71. The zero-order chi connectivity index (χ0) is 12.8. The van der Waals surface area contributed by atoms with Crippen molar-refractivity contribution in [3.8, 4) is 0 Å². The van der Waals surface area contributed by atoms with Gasteiger partial charge in [0.15, 0.2) is 0 Å². The van der Waals surface area contributed by atoms with E-state index < -0.39 is 5.97 Å². The maximum Gasteiger partial charge on any atom is 0.303 e. The van der Waals surface area contributed by atoms with Crippen LogP contribution in [0.15, 0.2) is 0 Å². The van der Waals surface area contributed by atoms with Gasteiger partial charge in [0.1, 0.15) is 0 Å². The molecule has 4 aliphatic heterocycles. The Morgan fingerprint density at radius 3 is 2.39 bits per heavy atom. The SMILES string of the molecule is CCC12CN3CCN(CC(C3)C1CCC(=O)O)C2. The van der Waals surface area contributed by atoms with E-state index in [1.807, 2.05) is 0 Å². The summed E-state index contributed by atoms with van der Waals surface area (Å²) >= 11 is 0. The van der Waals surface area contributed by atoms with Crippen LogP contribution in [0.1, 0.15) is 26.2 Å². The second-order valence-electron chi connectivity index (χ2n) is 6.49. The quantitative estimate of drug-likeness (QED) is 0.814. The number of rotatable bonds is 4. The van der Waals surface area contributed by atoms with E-state index in [1.165, 1.54) is 45.7 Å². The van der Waals surface area contributed by atoms with Gasteiger partial charge in [-0.25, -0.2) is 0 Å². The summed E-state index contributed by atoms with van der Waals surface area (Å²) in [6.45, 7) is 9.50. The highest BCUT2D eigenvalue weighted by molar-refractivity contribution is 5.66. The molecular weight excluding hydrogens is 228 g/mol. The first-order chi connectivity index (χ1) is 8.63. The van der Waals surface area contributed by atoms with E-state index in [0.29, 0.717) is 23.7 Å². The number of aliphatic carboxylic acids is 1. The van der Waals surface area contributed by atoms with Crippen LogP contribution in [0.5, 0.6) is 0 Å². The molecule has 4 heterocycles. The minimum atomic E-state index is -0.631. The van der Waals surface area contributed by atoms with Gasteiger partial charge < -0.3 is 14.9 Å². The highest BCUT2D eigenvalue weighted by Gasteiger charge is 2.52. The highest BCUT2D eigenvalue weighted by Crippen LogP contribution is 2.49. The van der Waals surface area contributed by atoms with Gasteiger partial charge in [-0.3, -0.25) is 4.79 Å². The van der Waals surface area contributed by atoms with Crippen LogP contribution >= 0.6 is 0 Å². The molecule has 3 unspecified atom stereocenters. The van der Waals surface area contributed by atoms with Gasteiger partial charge in [-0.15, -0.1) is 0 Å². The fraction of sp³-hybridized carbons (Fsp3) is 0.929. The van der Waals surface area contributed by atoms with E-state index in [9.17, 15) is 4.79 Å². The molecular formula is C14H24N2O2. The lowest BCUT2D eigenvalue weighted by Gasteiger charge is -2.55. The molecule has 4 fully saturated rings. The molecule has 0 spiro atoms. The molecule has 0 aromatic rings. The molecule has 1 N–H and O–H groups in total. The average Bonchev–Trinajstić information content (AvgIpc) is 2.56. The van der Waals surface area contributed by atoms with Gasteiger partial charge in [-0.05, 0) is 30.1 Å². The van der Waals surface area contributed by atoms with Crippen LogP contribution in [0.25, 0.3) is 0 Å². The van der Waals surface area contributed by atoms with Crippen LogP contribution in [0.2, 0.25) is 0 Å². The third-order valence-electron chi connectivity index (χ3n) is 5.52. The molecule has 0 radical (unpaired) electrons. The van der Waals surface area contributed by atoms with E-state index >= 15 is 0 Å². The van der Waals surface area contributed by atoms with Crippen molar-refractivity contribution in [2.24, 2.45) is 17.3 Å². The Hall–Kier alpha value is -0.610. The Morgan fingerprint density at radius 2 is 1.89 bits per heavy atom. The molecule has 0 amide bonds. The fourth-order valence-corrected chi connectivity index (χ4v) is 4.71. The van der Waals surface area contributed by atoms with Gasteiger partial charge in [0, 0.05) is 45.7 Å². The van der Waals surface area contributed by atoms with Crippen LogP contribution in [0, 0.1) is 17.3 Å². The number of fused-ring (bicyclic) bond motifs is 1. The van der Waals surface area contributed by atoms with Crippen molar-refractivity contribution in [2.75, 3.05) is 39.3 Å². The summed E-state index contributed by atoms with van der Waals surface area (Å²) in [6, 6.07) is 0. The summed E-state index contributed by atoms with van der Waals surface area (Å²) in [5.74, 6) is 0.701. The van der Waals surface area contributed by atoms with E-state index in [1.54, 1.807) is 0 Å². The lowest BCUT2D eigenvalue weighted by atomic mass is 9.61. The standard InChI is InChI=1S/C14H24N2O2/c1-2-14-9-15-5-6-16(10-14)8-11(7-15)12(14)3-4-13(17)18/h11-12H,2-10H2,1H3,(H,17,18). The van der Waals surface area contributed by atoms with Crippen LogP contribution in [-0.4, -0.2) is 60.1 Å². The normalized spacial score (nSPS) is 46.1. The van der Waals surface area contributed by atoms with Crippen LogP contribution in [0.4, 0.5) is 0 Å². The van der Waals surface area contributed by atoms with E-state index in [4.69, 9.17) is 5.11 Å². The van der Waals surface area contributed by atoms with Gasteiger partial charge in [-0.2, -0.15) is 0 Å². The topological polar surface area (TPSA) is 43.8 Å². The summed E-state index contributed by atoms with van der Waals surface area (Å²) in [4.78, 5) is 16.1. The molecule has 0 aliphatic carbocycles. The van der Waals surface area contributed by atoms with Crippen LogP contribution in [-0.2, 0) is 4.79 Å². The number of carboxylic acid groups (broad SMARTS) is 1. The molecule has 4 aliphatic rings. The Kier molecular flexibility index (Phi) is 3.10. The first-order valence-corrected chi connectivity index (χ1v) is 7.29. The van der Waals surface area contributed by atoms with Crippen molar-refractivity contribution in [3.05, 3.63) is 0 Å². The molecule has 0 saturated carbocycles. The third kappa shape index (κ3) is 1.95. The largest absolute Gasteiger partial charge is 0.481 e. The van der Waals surface area contributed by atoms with Gasteiger partial charge in [0.25, 0.3) is 0 Å². The number of carboxylic acids is 1. The molecule has 18 heavy (non-hydrogen) atoms. The lowest BCUT2D eigenvalue weighted by molar-refractivity contribution is -0.138. The van der Waals surface area contributed by atoms with Gasteiger partial charge in [-0.1, -0.05) is 6.92 Å². The molecule has 4 nitrogen and oxygen atoms in total. The Bertz CT molecular complexity index is 329. The number of hydrogen-bond donors (Lipinski definition) is 1. The summed E-state index contributed by atoms with van der Waals surface area (Å²) in [5, 5.41) is 8.96. The molecule has 0 aromatic heterocycles. The molecule has 3 atom stereocenters. The van der Waals surface area contributed by atoms with Gasteiger partial charge in [0.2, 0.25) is 0 Å². The number of carbonyl (C=O) groups is 1. The zero-order valence-corrected chi connectivity index (χ0v) is 11.3. The predicted molar refractivity (Wildman–Crippen MR) is 69.5 cm³/mol. The summed E-state index contributed by atoms with van der Waals surface area (Å²) < 4.78 is 0. The van der Waals surface area contributed by atoms with Crippen molar-refractivity contribution in [2.45, 2.75) is 26.2 Å². The van der Waals surface area contributed by atoms with Crippen LogP contribution in [0.3, 0.4) is 0 Å². The monoisotopic (exact) mass is 252 g/mol. The smallest absolute Gasteiger partial charge is 0.303 e. The number of nitrogens with zero attached hydrogens (tertiary/aromatic N) is 2. The molecule has 0 aromatic carbocycles. The Morgan fingerprint density at radius 1 is 1.28 bits per heavy atom. The highest BCUT2D eigenvalue weighted by atomic mass is 16.4. The Labute approximate surface area is 109 Å². The van der Waals surface area contributed by atoms with Gasteiger partial charge in [0.05, 0.1) is 0 Å². The zero-order valence-electron chi connectivity index (χ0n) is 11.3. The predicted octanol–water partition coefficient (Wildman–Crippen LogP) is 1.12. The van der Waals surface area contributed by atoms with E-state index in [-0.39, 0.29) is 0 Å². The minimum Gasteiger partial charge on any atom is -0.481 e. The Balaban J connectivity index is 1.82. The van der Waals surface area contributed by atoms with E-state index in [0.717, 1.165) is 6.42 Å². The molecule has 4 saturated heterocycles. The van der Waals surface area contributed by atoms with Crippen molar-refractivity contribution in [1.29, 1.82) is 0 Å². The summed E-state index contributed by atoms with van der Waals surface area (Å²) in [5.41, 5.74) is 0.368. The molecule has 4 bridgehead atoms. The first-order valence-electron chi connectivity index (χ1n) is 7.29. The van der Waals surface area contributed by atoms with Gasteiger partial charge >= 0.3 is 5.97 Å². The van der Waals surface area contributed by atoms with Crippen LogP contribution < -0.4 is 0 Å². The van der Waals surface area contributed by atoms with Crippen molar-refractivity contribution in [1.82, 2.24) is 9.80 Å². The molecule has 4 rings (SSSR count). The second-order valence-corrected chi connectivity index (χ2v) is 6.49. The molecule has 4 heteroatoms. The minimum absolute atomic E-state index is 0.350. The average molecular weight is 252 g/mol. The maximum absolute atomic E-state index is 10.9. The van der Waals surface area contributed by atoms with Crippen molar-refractivity contribution in [3.63, 3.8) is 0 Å². The first kappa shape index (κ1) is 12.4. The summed E-state index contributed by atoms with van der Waals surface area (Å²) in [7, 11) is 0.